The van der Waals surface area contributed by atoms with Gasteiger partial charge in [0, 0.05) is 12.2 Å². The predicted octanol–water partition coefficient (Wildman–Crippen LogP) is 4.59. The number of anilines is 1. The van der Waals surface area contributed by atoms with E-state index < -0.39 is 0 Å². The molecule has 126 valence electrons. The standard InChI is InChI=1S/C19H21FN2O2/c1-24-17-10-8-16(9-11-17)21-19(23)22-12-3-2-7-18(22)14-5-4-6-15(20)13-14/h4-6,8-11,13,18H,2-3,7,12H2,1H3,(H,21,23)/t18-/m0/s1. The van der Waals surface area contributed by atoms with Crippen LogP contribution in [0.4, 0.5) is 14.9 Å². The van der Waals surface area contributed by atoms with Gasteiger partial charge in [-0.2, -0.15) is 0 Å². The number of hydrogen-bond donors (Lipinski definition) is 1. The number of nitrogens with zero attached hydrogens (tertiary/aromatic N) is 1. The van der Waals surface area contributed by atoms with Crippen LogP contribution in [0.2, 0.25) is 0 Å². The van der Waals surface area contributed by atoms with Crippen molar-refractivity contribution in [3.8, 4) is 5.75 Å². The van der Waals surface area contributed by atoms with Gasteiger partial charge in [-0.15, -0.1) is 0 Å². The van der Waals surface area contributed by atoms with Gasteiger partial charge in [-0.05, 0) is 61.2 Å². The van der Waals surface area contributed by atoms with E-state index in [2.05, 4.69) is 5.32 Å². The maximum atomic E-state index is 13.5. The quantitative estimate of drug-likeness (QED) is 0.895. The zero-order valence-corrected chi connectivity index (χ0v) is 13.7. The number of methoxy groups -OCH3 is 1. The fraction of sp³-hybridized carbons (Fsp3) is 0.316. The third-order valence-corrected chi connectivity index (χ3v) is 4.34. The fourth-order valence-electron chi connectivity index (χ4n) is 3.10. The summed E-state index contributed by atoms with van der Waals surface area (Å²) < 4.78 is 18.7. The van der Waals surface area contributed by atoms with Crippen LogP contribution >= 0.6 is 0 Å². The Bertz CT molecular complexity index is 703. The smallest absolute Gasteiger partial charge is 0.322 e. The van der Waals surface area contributed by atoms with Crippen LogP contribution in [0.3, 0.4) is 0 Å². The molecule has 0 aromatic heterocycles. The van der Waals surface area contributed by atoms with Gasteiger partial charge < -0.3 is 15.0 Å². The molecule has 4 nitrogen and oxygen atoms in total. The maximum absolute atomic E-state index is 13.5. The third-order valence-electron chi connectivity index (χ3n) is 4.34. The van der Waals surface area contributed by atoms with Crippen LogP contribution in [0.1, 0.15) is 30.9 Å². The Kier molecular flexibility index (Phi) is 4.99. The summed E-state index contributed by atoms with van der Waals surface area (Å²) in [5.74, 6) is 0.470. The molecule has 1 heterocycles. The van der Waals surface area contributed by atoms with Crippen molar-refractivity contribution < 1.29 is 13.9 Å². The zero-order valence-electron chi connectivity index (χ0n) is 13.7. The minimum Gasteiger partial charge on any atom is -0.497 e. The number of urea groups is 1. The molecular formula is C19H21FN2O2. The van der Waals surface area contributed by atoms with Crippen molar-refractivity contribution in [3.63, 3.8) is 0 Å². The molecule has 0 unspecified atom stereocenters. The Hall–Kier alpha value is -2.56. The lowest BCUT2D eigenvalue weighted by molar-refractivity contribution is 0.163. The first-order chi connectivity index (χ1) is 11.7. The molecule has 1 saturated heterocycles. The highest BCUT2D eigenvalue weighted by molar-refractivity contribution is 5.89. The second kappa shape index (κ2) is 7.34. The second-order valence-corrected chi connectivity index (χ2v) is 5.92. The second-order valence-electron chi connectivity index (χ2n) is 5.92. The molecule has 0 radical (unpaired) electrons. The molecular weight excluding hydrogens is 307 g/mol. The summed E-state index contributed by atoms with van der Waals surface area (Å²) in [6.45, 7) is 0.670. The van der Waals surface area contributed by atoms with Gasteiger partial charge in [-0.3, -0.25) is 0 Å². The largest absolute Gasteiger partial charge is 0.497 e. The topological polar surface area (TPSA) is 41.6 Å². The van der Waals surface area contributed by atoms with Crippen molar-refractivity contribution in [1.29, 1.82) is 0 Å². The van der Waals surface area contributed by atoms with Crippen molar-refractivity contribution in [2.75, 3.05) is 19.0 Å². The van der Waals surface area contributed by atoms with Crippen molar-refractivity contribution in [1.82, 2.24) is 4.90 Å². The van der Waals surface area contributed by atoms with Gasteiger partial charge in [0.1, 0.15) is 11.6 Å². The van der Waals surface area contributed by atoms with Gasteiger partial charge in [-0.1, -0.05) is 12.1 Å². The Morgan fingerprint density at radius 3 is 2.71 bits per heavy atom. The number of nitrogens with one attached hydrogen (secondary N) is 1. The first-order valence-electron chi connectivity index (χ1n) is 8.14. The number of amides is 2. The van der Waals surface area contributed by atoms with Crippen LogP contribution in [-0.2, 0) is 0 Å². The molecule has 2 aromatic rings. The Labute approximate surface area is 141 Å². The van der Waals surface area contributed by atoms with Crippen LogP contribution in [0.5, 0.6) is 5.75 Å². The number of hydrogen-bond acceptors (Lipinski definition) is 2. The molecule has 0 bridgehead atoms. The third kappa shape index (κ3) is 3.67. The average Bonchev–Trinajstić information content (AvgIpc) is 2.62. The van der Waals surface area contributed by atoms with E-state index in [1.54, 1.807) is 42.3 Å². The first-order valence-corrected chi connectivity index (χ1v) is 8.14. The van der Waals surface area contributed by atoms with Crippen LogP contribution < -0.4 is 10.1 Å². The molecule has 0 saturated carbocycles. The number of likely N-dealkylation sites (tertiary alicyclic amines) is 1. The van der Waals surface area contributed by atoms with Crippen molar-refractivity contribution >= 4 is 11.7 Å². The van der Waals surface area contributed by atoms with E-state index in [1.165, 1.54) is 12.1 Å². The molecule has 1 aliphatic rings. The minimum absolute atomic E-state index is 0.0901. The van der Waals surface area contributed by atoms with E-state index in [0.717, 1.165) is 30.6 Å². The molecule has 24 heavy (non-hydrogen) atoms. The van der Waals surface area contributed by atoms with E-state index in [-0.39, 0.29) is 17.9 Å². The minimum atomic E-state index is -0.270. The van der Waals surface area contributed by atoms with Crippen molar-refractivity contribution in [2.45, 2.75) is 25.3 Å². The lowest BCUT2D eigenvalue weighted by atomic mass is 9.95. The van der Waals surface area contributed by atoms with Gasteiger partial charge in [0.2, 0.25) is 0 Å². The normalized spacial score (nSPS) is 17.4. The Morgan fingerprint density at radius 2 is 2.00 bits per heavy atom. The summed E-state index contributed by atoms with van der Waals surface area (Å²) in [7, 11) is 1.60. The summed E-state index contributed by atoms with van der Waals surface area (Å²) in [5.41, 5.74) is 1.56. The molecule has 3 rings (SSSR count). The van der Waals surface area contributed by atoms with E-state index in [4.69, 9.17) is 4.74 Å². The molecule has 0 spiro atoms. The summed E-state index contributed by atoms with van der Waals surface area (Å²) in [4.78, 5) is 14.5. The number of ether oxygens (including phenoxy) is 1. The van der Waals surface area contributed by atoms with Crippen LogP contribution in [-0.4, -0.2) is 24.6 Å². The lowest BCUT2D eigenvalue weighted by Crippen LogP contribution is -2.41. The van der Waals surface area contributed by atoms with Gasteiger partial charge in [0.15, 0.2) is 0 Å². The number of carbonyl (C=O) groups excluding carboxylic acids is 1. The molecule has 1 fully saturated rings. The monoisotopic (exact) mass is 328 g/mol. The molecule has 2 aromatic carbocycles. The van der Waals surface area contributed by atoms with Crippen LogP contribution in [0, 0.1) is 5.82 Å². The van der Waals surface area contributed by atoms with Crippen molar-refractivity contribution in [3.05, 3.63) is 59.9 Å². The zero-order chi connectivity index (χ0) is 16.9. The SMILES string of the molecule is COc1ccc(NC(=O)N2CCCC[C@H]2c2cccc(F)c2)cc1. The summed E-state index contributed by atoms with van der Waals surface area (Å²) in [5, 5.41) is 2.91. The highest BCUT2D eigenvalue weighted by atomic mass is 19.1. The average molecular weight is 328 g/mol. The van der Waals surface area contributed by atoms with E-state index in [9.17, 15) is 9.18 Å². The van der Waals surface area contributed by atoms with Gasteiger partial charge in [0.25, 0.3) is 0 Å². The molecule has 2 amide bonds. The number of carbonyl (C=O) groups is 1. The van der Waals surface area contributed by atoms with Gasteiger partial charge in [0.05, 0.1) is 13.2 Å². The molecule has 0 aliphatic carbocycles. The van der Waals surface area contributed by atoms with Crippen molar-refractivity contribution in [2.24, 2.45) is 0 Å². The Balaban J connectivity index is 1.75. The van der Waals surface area contributed by atoms with Crippen LogP contribution in [0.25, 0.3) is 0 Å². The number of piperidine rings is 1. The molecule has 1 aliphatic heterocycles. The predicted molar refractivity (Wildman–Crippen MR) is 91.7 cm³/mol. The van der Waals surface area contributed by atoms with E-state index in [1.807, 2.05) is 6.07 Å². The van der Waals surface area contributed by atoms with Gasteiger partial charge >= 0.3 is 6.03 Å². The fourth-order valence-corrected chi connectivity index (χ4v) is 3.10. The number of benzene rings is 2. The number of rotatable bonds is 3. The summed E-state index contributed by atoms with van der Waals surface area (Å²) in [6, 6.07) is 13.5. The van der Waals surface area contributed by atoms with Crippen LogP contribution in [0.15, 0.2) is 48.5 Å². The van der Waals surface area contributed by atoms with E-state index >= 15 is 0 Å². The van der Waals surface area contributed by atoms with E-state index in [0.29, 0.717) is 12.2 Å². The molecule has 5 heteroatoms. The first kappa shape index (κ1) is 16.3. The molecule has 1 N–H and O–H groups in total. The molecule has 1 atom stereocenters. The Morgan fingerprint density at radius 1 is 1.21 bits per heavy atom. The number of halogens is 1. The van der Waals surface area contributed by atoms with Gasteiger partial charge in [-0.25, -0.2) is 9.18 Å². The summed E-state index contributed by atoms with van der Waals surface area (Å²) >= 11 is 0. The maximum Gasteiger partial charge on any atom is 0.322 e. The highest BCUT2D eigenvalue weighted by Gasteiger charge is 2.28. The summed E-state index contributed by atoms with van der Waals surface area (Å²) in [6.07, 6.45) is 2.84. The highest BCUT2D eigenvalue weighted by Crippen LogP contribution is 2.31. The lowest BCUT2D eigenvalue weighted by Gasteiger charge is -2.36.